The van der Waals surface area contributed by atoms with Crippen molar-refractivity contribution in [2.75, 3.05) is 13.1 Å². The Labute approximate surface area is 120 Å². The van der Waals surface area contributed by atoms with E-state index in [1.165, 1.54) is 10.4 Å². The summed E-state index contributed by atoms with van der Waals surface area (Å²) in [5.41, 5.74) is 6.21. The fourth-order valence-corrected chi connectivity index (χ4v) is 3.53. The van der Waals surface area contributed by atoms with Crippen molar-refractivity contribution in [3.8, 4) is 0 Å². The SMILES string of the molecule is CCCCN(CC)S(=O)(=O)c1ccc(Cl)c(CN)c1. The Bertz CT molecular complexity index is 517. The van der Waals surface area contributed by atoms with Crippen molar-refractivity contribution in [3.05, 3.63) is 28.8 Å². The lowest BCUT2D eigenvalue weighted by Crippen LogP contribution is -2.31. The molecule has 0 heterocycles. The van der Waals surface area contributed by atoms with Gasteiger partial charge in [-0.2, -0.15) is 4.31 Å². The Kier molecular flexibility index (Phi) is 6.26. The lowest BCUT2D eigenvalue weighted by molar-refractivity contribution is 0.419. The molecule has 0 amide bonds. The quantitative estimate of drug-likeness (QED) is 0.842. The smallest absolute Gasteiger partial charge is 0.243 e. The van der Waals surface area contributed by atoms with E-state index in [2.05, 4.69) is 0 Å². The van der Waals surface area contributed by atoms with E-state index < -0.39 is 10.0 Å². The Morgan fingerprint density at radius 1 is 1.32 bits per heavy atom. The predicted molar refractivity (Wildman–Crippen MR) is 78.7 cm³/mol. The Balaban J connectivity index is 3.11. The highest BCUT2D eigenvalue weighted by Gasteiger charge is 2.23. The summed E-state index contributed by atoms with van der Waals surface area (Å²) >= 11 is 5.96. The van der Waals surface area contributed by atoms with Gasteiger partial charge in [0, 0.05) is 24.7 Å². The van der Waals surface area contributed by atoms with Gasteiger partial charge in [-0.15, -0.1) is 0 Å². The number of nitrogens with two attached hydrogens (primary N) is 1. The van der Waals surface area contributed by atoms with E-state index in [1.807, 2.05) is 13.8 Å². The first-order valence-corrected chi connectivity index (χ1v) is 8.27. The summed E-state index contributed by atoms with van der Waals surface area (Å²) in [7, 11) is -3.45. The highest BCUT2D eigenvalue weighted by molar-refractivity contribution is 7.89. The molecular formula is C13H21ClN2O2S. The first-order chi connectivity index (χ1) is 8.97. The maximum atomic E-state index is 12.5. The van der Waals surface area contributed by atoms with Crippen molar-refractivity contribution in [1.82, 2.24) is 4.31 Å². The van der Waals surface area contributed by atoms with Crippen molar-refractivity contribution in [1.29, 1.82) is 0 Å². The zero-order chi connectivity index (χ0) is 14.5. The van der Waals surface area contributed by atoms with Crippen LogP contribution in [0.5, 0.6) is 0 Å². The van der Waals surface area contributed by atoms with Crippen LogP contribution in [0, 0.1) is 0 Å². The topological polar surface area (TPSA) is 63.4 Å². The summed E-state index contributed by atoms with van der Waals surface area (Å²) in [6.07, 6.45) is 1.81. The molecule has 4 nitrogen and oxygen atoms in total. The summed E-state index contributed by atoms with van der Waals surface area (Å²) in [5.74, 6) is 0. The molecule has 0 spiro atoms. The molecule has 0 radical (unpaired) electrons. The van der Waals surface area contributed by atoms with Crippen molar-refractivity contribution < 1.29 is 8.42 Å². The molecule has 1 aromatic carbocycles. The minimum absolute atomic E-state index is 0.225. The van der Waals surface area contributed by atoms with Crippen molar-refractivity contribution in [2.45, 2.75) is 38.1 Å². The summed E-state index contributed by atoms with van der Waals surface area (Å²) in [6.45, 7) is 5.10. The third-order valence-electron chi connectivity index (χ3n) is 2.99. The number of unbranched alkanes of at least 4 members (excludes halogenated alkanes) is 1. The molecule has 0 aromatic heterocycles. The van der Waals surface area contributed by atoms with Crippen molar-refractivity contribution >= 4 is 21.6 Å². The van der Waals surface area contributed by atoms with Gasteiger partial charge < -0.3 is 5.73 Å². The number of halogens is 1. The molecule has 1 rings (SSSR count). The first-order valence-electron chi connectivity index (χ1n) is 6.46. The molecule has 0 unspecified atom stereocenters. The van der Waals surface area contributed by atoms with Crippen LogP contribution < -0.4 is 5.73 Å². The maximum absolute atomic E-state index is 12.5. The van der Waals surface area contributed by atoms with Crippen molar-refractivity contribution in [2.24, 2.45) is 5.73 Å². The summed E-state index contributed by atoms with van der Waals surface area (Å²) in [5, 5.41) is 0.498. The highest BCUT2D eigenvalue weighted by atomic mass is 35.5. The van der Waals surface area contributed by atoms with E-state index in [1.54, 1.807) is 12.1 Å². The zero-order valence-corrected chi connectivity index (χ0v) is 13.0. The Morgan fingerprint density at radius 2 is 2.00 bits per heavy atom. The largest absolute Gasteiger partial charge is 0.326 e. The summed E-state index contributed by atoms with van der Waals surface area (Å²) in [4.78, 5) is 0.260. The molecule has 0 aliphatic rings. The molecule has 6 heteroatoms. The van der Waals surface area contributed by atoms with E-state index in [4.69, 9.17) is 17.3 Å². The van der Waals surface area contributed by atoms with E-state index in [0.717, 1.165) is 12.8 Å². The van der Waals surface area contributed by atoms with Crippen LogP contribution in [0.15, 0.2) is 23.1 Å². The second kappa shape index (κ2) is 7.24. The molecule has 0 aliphatic heterocycles. The predicted octanol–water partition coefficient (Wildman–Crippen LogP) is 2.61. The number of sulfonamides is 1. The van der Waals surface area contributed by atoms with Gasteiger partial charge in [-0.05, 0) is 30.2 Å². The third kappa shape index (κ3) is 3.92. The van der Waals surface area contributed by atoms with Crippen LogP contribution in [0.25, 0.3) is 0 Å². The lowest BCUT2D eigenvalue weighted by Gasteiger charge is -2.20. The summed E-state index contributed by atoms with van der Waals surface area (Å²) in [6, 6.07) is 4.68. The van der Waals surface area contributed by atoms with E-state index in [0.29, 0.717) is 23.7 Å². The zero-order valence-electron chi connectivity index (χ0n) is 11.4. The molecule has 0 fully saturated rings. The molecular weight excluding hydrogens is 284 g/mol. The summed E-state index contributed by atoms with van der Waals surface area (Å²) < 4.78 is 26.5. The molecule has 108 valence electrons. The number of hydrogen-bond acceptors (Lipinski definition) is 3. The minimum atomic E-state index is -3.45. The van der Waals surface area contributed by atoms with Gasteiger partial charge in [0.1, 0.15) is 0 Å². The van der Waals surface area contributed by atoms with Gasteiger partial charge in [-0.1, -0.05) is 31.9 Å². The van der Waals surface area contributed by atoms with Crippen molar-refractivity contribution in [3.63, 3.8) is 0 Å². The fraction of sp³-hybridized carbons (Fsp3) is 0.538. The molecule has 0 saturated heterocycles. The van der Waals surface area contributed by atoms with Crippen LogP contribution in [0.1, 0.15) is 32.3 Å². The van der Waals surface area contributed by atoms with Gasteiger partial charge in [-0.3, -0.25) is 0 Å². The average Bonchev–Trinajstić information content (AvgIpc) is 2.39. The number of hydrogen-bond donors (Lipinski definition) is 1. The molecule has 1 aromatic rings. The minimum Gasteiger partial charge on any atom is -0.326 e. The van der Waals surface area contributed by atoms with E-state index in [9.17, 15) is 8.42 Å². The van der Waals surface area contributed by atoms with Gasteiger partial charge in [0.25, 0.3) is 0 Å². The number of rotatable bonds is 7. The first kappa shape index (κ1) is 16.4. The van der Waals surface area contributed by atoms with E-state index in [-0.39, 0.29) is 11.4 Å². The molecule has 19 heavy (non-hydrogen) atoms. The van der Waals surface area contributed by atoms with Gasteiger partial charge >= 0.3 is 0 Å². The second-order valence-corrected chi connectivity index (χ2v) is 6.65. The lowest BCUT2D eigenvalue weighted by atomic mass is 10.2. The Hall–Kier alpha value is -0.620. The normalized spacial score (nSPS) is 12.1. The average molecular weight is 305 g/mol. The molecule has 0 atom stereocenters. The highest BCUT2D eigenvalue weighted by Crippen LogP contribution is 2.22. The van der Waals surface area contributed by atoms with Gasteiger partial charge in [0.2, 0.25) is 10.0 Å². The fourth-order valence-electron chi connectivity index (χ4n) is 1.80. The van der Waals surface area contributed by atoms with Crippen LogP contribution in [0.4, 0.5) is 0 Å². The standard InChI is InChI=1S/C13H21ClN2O2S/c1-3-5-8-16(4-2)19(17,18)12-6-7-13(14)11(9-12)10-15/h6-7,9H,3-5,8,10,15H2,1-2H3. The van der Waals surface area contributed by atoms with Gasteiger partial charge in [0.15, 0.2) is 0 Å². The maximum Gasteiger partial charge on any atom is 0.243 e. The van der Waals surface area contributed by atoms with Crippen LogP contribution in [0.3, 0.4) is 0 Å². The number of benzene rings is 1. The van der Waals surface area contributed by atoms with Crippen LogP contribution >= 0.6 is 11.6 Å². The van der Waals surface area contributed by atoms with E-state index >= 15 is 0 Å². The van der Waals surface area contributed by atoms with Crippen LogP contribution in [-0.2, 0) is 16.6 Å². The third-order valence-corrected chi connectivity index (χ3v) is 5.33. The Morgan fingerprint density at radius 3 is 2.53 bits per heavy atom. The molecule has 0 aliphatic carbocycles. The second-order valence-electron chi connectivity index (χ2n) is 4.31. The number of nitrogens with zero attached hydrogens (tertiary/aromatic N) is 1. The monoisotopic (exact) mass is 304 g/mol. The molecule has 2 N–H and O–H groups in total. The van der Waals surface area contributed by atoms with Crippen LogP contribution in [0.2, 0.25) is 5.02 Å². The van der Waals surface area contributed by atoms with Gasteiger partial charge in [0.05, 0.1) is 4.90 Å². The van der Waals surface area contributed by atoms with Gasteiger partial charge in [-0.25, -0.2) is 8.42 Å². The van der Waals surface area contributed by atoms with Crippen LogP contribution in [-0.4, -0.2) is 25.8 Å². The molecule has 0 bridgehead atoms. The molecule has 0 saturated carbocycles.